The minimum Gasteiger partial charge on any atom is -0.380 e. The van der Waals surface area contributed by atoms with Crippen molar-refractivity contribution in [3.05, 3.63) is 29.6 Å². The smallest absolute Gasteiger partial charge is 0.0593 e. The summed E-state index contributed by atoms with van der Waals surface area (Å²) >= 11 is 0. The second kappa shape index (κ2) is 9.89. The highest BCUT2D eigenvalue weighted by atomic mass is 16.5. The Labute approximate surface area is 117 Å². The lowest BCUT2D eigenvalue weighted by Crippen LogP contribution is -2.23. The summed E-state index contributed by atoms with van der Waals surface area (Å²) in [5.41, 5.74) is 2.24. The van der Waals surface area contributed by atoms with Crippen LogP contribution >= 0.6 is 0 Å². The summed E-state index contributed by atoms with van der Waals surface area (Å²) in [7, 11) is 2.10. The summed E-state index contributed by atoms with van der Waals surface area (Å²) in [6, 6.07) is 6.24. The second-order valence-electron chi connectivity index (χ2n) is 4.73. The van der Waals surface area contributed by atoms with Gasteiger partial charge in [-0.05, 0) is 39.1 Å². The fourth-order valence-electron chi connectivity index (χ4n) is 1.83. The molecule has 0 aliphatic rings. The highest BCUT2D eigenvalue weighted by Crippen LogP contribution is 2.02. The Bertz CT molecular complexity index is 344. The summed E-state index contributed by atoms with van der Waals surface area (Å²) < 4.78 is 5.36. The first-order valence-corrected chi connectivity index (χ1v) is 7.18. The monoisotopic (exact) mass is 265 g/mol. The van der Waals surface area contributed by atoms with E-state index in [9.17, 15) is 0 Å². The average Bonchev–Trinajstić information content (AvgIpc) is 2.40. The minimum atomic E-state index is 0.782. The molecule has 0 fully saturated rings. The van der Waals surface area contributed by atoms with E-state index in [0.717, 1.165) is 57.2 Å². The fraction of sp³-hybridized carbons (Fsp3) is 0.667. The molecule has 0 aliphatic heterocycles. The van der Waals surface area contributed by atoms with Crippen LogP contribution in [-0.2, 0) is 17.8 Å². The van der Waals surface area contributed by atoms with Gasteiger partial charge in [-0.3, -0.25) is 9.88 Å². The molecule has 1 heterocycles. The number of rotatable bonds is 10. The molecule has 0 bridgehead atoms. The number of likely N-dealkylation sites (N-methyl/N-ethyl adjacent to an activating group) is 1. The third-order valence-corrected chi connectivity index (χ3v) is 2.85. The molecule has 4 heteroatoms. The van der Waals surface area contributed by atoms with Crippen molar-refractivity contribution in [2.45, 2.75) is 33.4 Å². The van der Waals surface area contributed by atoms with Gasteiger partial charge >= 0.3 is 0 Å². The molecule has 0 saturated carbocycles. The van der Waals surface area contributed by atoms with Crippen LogP contribution in [0.5, 0.6) is 0 Å². The zero-order chi connectivity index (χ0) is 13.9. The van der Waals surface area contributed by atoms with Gasteiger partial charge in [-0.2, -0.15) is 0 Å². The van der Waals surface area contributed by atoms with Gasteiger partial charge in [-0.15, -0.1) is 0 Å². The first-order chi connectivity index (χ1) is 9.26. The Morgan fingerprint density at radius 3 is 2.79 bits per heavy atom. The number of nitrogens with zero attached hydrogens (tertiary/aromatic N) is 2. The Hall–Kier alpha value is -0.970. The van der Waals surface area contributed by atoms with E-state index < -0.39 is 0 Å². The summed E-state index contributed by atoms with van der Waals surface area (Å²) in [5.74, 6) is 0. The lowest BCUT2D eigenvalue weighted by Gasteiger charge is -2.16. The molecule has 0 radical (unpaired) electrons. The van der Waals surface area contributed by atoms with E-state index in [-0.39, 0.29) is 0 Å². The van der Waals surface area contributed by atoms with Crippen LogP contribution in [0.3, 0.4) is 0 Å². The zero-order valence-electron chi connectivity index (χ0n) is 12.5. The van der Waals surface area contributed by atoms with E-state index in [1.54, 1.807) is 0 Å². The number of nitrogens with one attached hydrogen (secondary N) is 1. The number of hydrogen-bond donors (Lipinski definition) is 1. The first kappa shape index (κ1) is 16.1. The van der Waals surface area contributed by atoms with Crippen LogP contribution in [0.2, 0.25) is 0 Å². The zero-order valence-corrected chi connectivity index (χ0v) is 12.5. The topological polar surface area (TPSA) is 37.4 Å². The molecule has 0 atom stereocenters. The van der Waals surface area contributed by atoms with Crippen molar-refractivity contribution < 1.29 is 4.74 Å². The van der Waals surface area contributed by atoms with Crippen molar-refractivity contribution in [1.29, 1.82) is 0 Å². The molecule has 1 aromatic heterocycles. The molecular formula is C15H27N3O. The lowest BCUT2D eigenvalue weighted by atomic mass is 10.3. The van der Waals surface area contributed by atoms with Crippen molar-refractivity contribution in [1.82, 2.24) is 15.2 Å². The maximum atomic E-state index is 5.36. The highest BCUT2D eigenvalue weighted by molar-refractivity contribution is 5.11. The van der Waals surface area contributed by atoms with Crippen molar-refractivity contribution in [2.75, 3.05) is 33.4 Å². The summed E-state index contributed by atoms with van der Waals surface area (Å²) in [6.07, 6.45) is 1.15. The van der Waals surface area contributed by atoms with Crippen LogP contribution in [-0.4, -0.2) is 43.2 Å². The van der Waals surface area contributed by atoms with Gasteiger partial charge < -0.3 is 10.1 Å². The molecule has 4 nitrogen and oxygen atoms in total. The molecule has 0 amide bonds. The summed E-state index contributed by atoms with van der Waals surface area (Å²) in [5, 5.41) is 3.38. The van der Waals surface area contributed by atoms with Crippen LogP contribution in [0.15, 0.2) is 18.2 Å². The van der Waals surface area contributed by atoms with Gasteiger partial charge in [0.25, 0.3) is 0 Å². The molecule has 0 aromatic carbocycles. The van der Waals surface area contributed by atoms with E-state index in [2.05, 4.69) is 47.4 Å². The SMILES string of the molecule is CCCNCc1cccc(CN(C)CCOCC)n1. The van der Waals surface area contributed by atoms with Crippen LogP contribution in [0.4, 0.5) is 0 Å². The lowest BCUT2D eigenvalue weighted by molar-refractivity contribution is 0.120. The van der Waals surface area contributed by atoms with Crippen LogP contribution in [0.1, 0.15) is 31.7 Å². The van der Waals surface area contributed by atoms with E-state index >= 15 is 0 Å². The van der Waals surface area contributed by atoms with Gasteiger partial charge in [-0.1, -0.05) is 13.0 Å². The molecular weight excluding hydrogens is 238 g/mol. The maximum Gasteiger partial charge on any atom is 0.0593 e. The Morgan fingerprint density at radius 1 is 1.26 bits per heavy atom. The van der Waals surface area contributed by atoms with E-state index in [4.69, 9.17) is 4.74 Å². The molecule has 19 heavy (non-hydrogen) atoms. The van der Waals surface area contributed by atoms with Crippen molar-refractivity contribution in [3.8, 4) is 0 Å². The van der Waals surface area contributed by atoms with Gasteiger partial charge in [0, 0.05) is 26.2 Å². The quantitative estimate of drug-likeness (QED) is 0.657. The van der Waals surface area contributed by atoms with Gasteiger partial charge in [0.05, 0.1) is 18.0 Å². The van der Waals surface area contributed by atoms with Crippen LogP contribution in [0.25, 0.3) is 0 Å². The van der Waals surface area contributed by atoms with Crippen LogP contribution in [0, 0.1) is 0 Å². The third kappa shape index (κ3) is 7.25. The Balaban J connectivity index is 2.38. The van der Waals surface area contributed by atoms with Crippen molar-refractivity contribution in [2.24, 2.45) is 0 Å². The molecule has 0 spiro atoms. The molecule has 1 N–H and O–H groups in total. The number of aromatic nitrogens is 1. The minimum absolute atomic E-state index is 0.782. The Morgan fingerprint density at radius 2 is 2.05 bits per heavy atom. The molecule has 0 aliphatic carbocycles. The number of pyridine rings is 1. The highest BCUT2D eigenvalue weighted by Gasteiger charge is 2.02. The molecule has 1 aromatic rings. The number of ether oxygens (including phenoxy) is 1. The predicted octanol–water partition coefficient (Wildman–Crippen LogP) is 2.05. The maximum absolute atomic E-state index is 5.36. The summed E-state index contributed by atoms with van der Waals surface area (Å²) in [4.78, 5) is 6.91. The average molecular weight is 265 g/mol. The molecule has 1 rings (SSSR count). The van der Waals surface area contributed by atoms with E-state index in [1.807, 2.05) is 6.92 Å². The molecule has 108 valence electrons. The van der Waals surface area contributed by atoms with Gasteiger partial charge in [0.15, 0.2) is 0 Å². The predicted molar refractivity (Wildman–Crippen MR) is 79.1 cm³/mol. The standard InChI is InChI=1S/C15H27N3O/c1-4-9-16-12-14-7-6-8-15(17-14)13-18(3)10-11-19-5-2/h6-8,16H,4-5,9-13H2,1-3H3. The van der Waals surface area contributed by atoms with E-state index in [1.165, 1.54) is 0 Å². The number of hydrogen-bond acceptors (Lipinski definition) is 4. The Kier molecular flexibility index (Phi) is 8.38. The van der Waals surface area contributed by atoms with Crippen LogP contribution < -0.4 is 5.32 Å². The summed E-state index contributed by atoms with van der Waals surface area (Å²) in [6.45, 7) is 9.46. The fourth-order valence-corrected chi connectivity index (χ4v) is 1.83. The van der Waals surface area contributed by atoms with Gasteiger partial charge in [-0.25, -0.2) is 0 Å². The van der Waals surface area contributed by atoms with Gasteiger partial charge in [0.2, 0.25) is 0 Å². The van der Waals surface area contributed by atoms with E-state index in [0.29, 0.717) is 0 Å². The molecule has 0 unspecified atom stereocenters. The largest absolute Gasteiger partial charge is 0.380 e. The van der Waals surface area contributed by atoms with Gasteiger partial charge in [0.1, 0.15) is 0 Å². The second-order valence-corrected chi connectivity index (χ2v) is 4.73. The first-order valence-electron chi connectivity index (χ1n) is 7.18. The van der Waals surface area contributed by atoms with Crippen molar-refractivity contribution in [3.63, 3.8) is 0 Å². The molecule has 0 saturated heterocycles. The third-order valence-electron chi connectivity index (χ3n) is 2.85. The van der Waals surface area contributed by atoms with Crippen molar-refractivity contribution >= 4 is 0 Å². The normalized spacial score (nSPS) is 11.2.